The zero-order valence-corrected chi connectivity index (χ0v) is 81.1. The molecule has 16 saturated carbocycles. The molecule has 692 valence electrons. The second-order valence-electron chi connectivity index (χ2n) is 48.3. The Balaban J connectivity index is 0.717. The van der Waals surface area contributed by atoms with Crippen LogP contribution < -0.4 is 93.3 Å². The fourth-order valence-electron chi connectivity index (χ4n) is 37.1. The van der Waals surface area contributed by atoms with Gasteiger partial charge in [0.2, 0.25) is 0 Å². The highest BCUT2D eigenvalue weighted by atomic mass is 15.3. The molecule has 15 aromatic carbocycles. The first-order valence-corrected chi connectivity index (χ1v) is 54.8. The van der Waals surface area contributed by atoms with Crippen LogP contribution in [-0.2, 0) is 0 Å². The molecule has 12 heteroatoms. The predicted molar refractivity (Wildman–Crippen MR) is 592 cm³/mol. The summed E-state index contributed by atoms with van der Waals surface area (Å²) in [5.74, 6) is 8.16. The second-order valence-corrected chi connectivity index (χ2v) is 48.3. The van der Waals surface area contributed by atoms with Gasteiger partial charge in [-0.3, -0.25) is 0 Å². The highest BCUT2D eigenvalue weighted by Crippen LogP contribution is 2.69. The highest BCUT2D eigenvalue weighted by molar-refractivity contribution is 7.04. The third kappa shape index (κ3) is 11.8. The number of hydrogen-bond donors (Lipinski definition) is 0. The third-order valence-electron chi connectivity index (χ3n) is 40.0. The lowest BCUT2D eigenvalue weighted by Gasteiger charge is -2.65. The molecule has 0 radical (unpaired) electrons. The standard InChI is InChI=1S/C130H118B3N9/c1-9-29-95(30-10-1)134(96-31-11-2-12-32-96)103-61-118-124-120(63-103)139(127-71-83-49-84(72-127)51-85(50-83)73-127)114-69-116-110(67-108(114)131(124)106-45-25-27-47-112(106)137(118)101-41-21-7-22-42-101)133-111-68-109-115(140(128-74-86-52-87(75-128)54-88(53-86)76-128)121-64-104(135(97-33-13-3-14-34-97)98-35-15-4-16-36-98)62-119-125(121)132(109)107-46-26-28-48-113(107)138(119)102-43-23-8-24-44-102)70-117(111)142(130-80-92-58-93(81-130)60-94(59-92)82-130)123-66-105(136(99-37-17-5-18-38-99)100-39-19-6-20-40-100)65-122(126(123)133)141(116)129-77-89-55-90(78-129)57-91(56-89)79-129/h1-48,61-70,83-94H,49-60,71-82H2. The Hall–Kier alpha value is -13.3. The molecule has 22 aliphatic rings. The number of anilines is 23. The summed E-state index contributed by atoms with van der Waals surface area (Å²) in [6.45, 7) is -0.392. The van der Waals surface area contributed by atoms with Crippen molar-refractivity contribution in [1.29, 1.82) is 0 Å². The van der Waals surface area contributed by atoms with E-state index in [-0.39, 0.29) is 42.3 Å². The summed E-state index contributed by atoms with van der Waals surface area (Å²) in [5, 5.41) is 0. The molecule has 37 rings (SSSR count). The molecule has 0 saturated heterocycles. The molecule has 6 heterocycles. The van der Waals surface area contributed by atoms with Crippen molar-refractivity contribution in [1.82, 2.24) is 0 Å². The maximum atomic E-state index is 3.30. The van der Waals surface area contributed by atoms with Crippen LogP contribution in [-0.4, -0.2) is 42.3 Å². The van der Waals surface area contributed by atoms with Crippen LogP contribution in [0.2, 0.25) is 0 Å². The van der Waals surface area contributed by atoms with Gasteiger partial charge in [0.1, 0.15) is 0 Å². The molecule has 16 bridgehead atoms. The topological polar surface area (TPSA) is 29.2 Å². The lowest BCUT2D eigenvalue weighted by Crippen LogP contribution is -2.72. The monoisotopic (exact) mass is 1840 g/mol. The average molecular weight is 1840 g/mol. The largest absolute Gasteiger partial charge is 0.336 e. The minimum Gasteiger partial charge on any atom is -0.336 e. The number of nitrogens with zero attached hydrogens (tertiary/aromatic N) is 9. The lowest BCUT2D eigenvalue weighted by atomic mass is 9.28. The van der Waals surface area contributed by atoms with E-state index in [2.05, 4.69) is 396 Å². The van der Waals surface area contributed by atoms with Crippen molar-refractivity contribution < 1.29 is 0 Å². The van der Waals surface area contributed by atoms with E-state index in [1.807, 2.05) is 0 Å². The van der Waals surface area contributed by atoms with Crippen LogP contribution in [0.3, 0.4) is 0 Å². The second kappa shape index (κ2) is 30.2. The van der Waals surface area contributed by atoms with Crippen molar-refractivity contribution in [3.05, 3.63) is 352 Å². The molecule has 15 aromatic rings. The zero-order valence-electron chi connectivity index (χ0n) is 81.1. The van der Waals surface area contributed by atoms with Crippen LogP contribution in [0.4, 0.5) is 131 Å². The minimum atomic E-state index is -0.167. The molecule has 0 amide bonds. The number of hydrogen-bond acceptors (Lipinski definition) is 9. The van der Waals surface area contributed by atoms with Crippen molar-refractivity contribution in [3.8, 4) is 0 Å². The van der Waals surface area contributed by atoms with Crippen LogP contribution in [0.25, 0.3) is 0 Å². The molecular weight excluding hydrogens is 1720 g/mol. The number of para-hydroxylation sites is 10. The average Bonchev–Trinajstić information content (AvgIpc) is 0.664. The molecule has 9 nitrogen and oxygen atoms in total. The van der Waals surface area contributed by atoms with Crippen LogP contribution >= 0.6 is 0 Å². The normalized spacial score (nSPS) is 28.6. The number of rotatable bonds is 15. The summed E-state index contributed by atoms with van der Waals surface area (Å²) in [6, 6.07) is 141. The summed E-state index contributed by atoms with van der Waals surface area (Å²) >= 11 is 0. The van der Waals surface area contributed by atoms with E-state index in [0.717, 1.165) is 0 Å². The molecule has 142 heavy (non-hydrogen) atoms. The van der Waals surface area contributed by atoms with E-state index in [0.29, 0.717) is 71.0 Å². The SMILES string of the molecule is c1ccc(N(c2ccccc2)c2cc3c4c(c2)N(C25CC6CC(CC(C6)C2)C5)c2cc5c(cc2B4c2ccccc2N3c2ccccc2)B2c3cc4c(cc3N(C36CC7CC(CC(C7)C3)C6)c3cc(N(c6ccccc6)c6ccccc6)cc(c32)N5C23CC5CC(CC(C5)C2)C3)N(C23CC5CC(CC(C5)C2)C3)c2cc(N(c3ccccc3)c3ccccc3)cc3c2B4c2ccccc2N3c2ccccc2)cc1. The Morgan fingerprint density at radius 3 is 0.592 bits per heavy atom. The predicted octanol–water partition coefficient (Wildman–Crippen LogP) is 26.9. The third-order valence-corrected chi connectivity index (χ3v) is 40.0. The summed E-state index contributed by atoms with van der Waals surface area (Å²) in [4.78, 5) is 26.4. The number of fused-ring (bicyclic) bond motifs is 12. The molecule has 0 atom stereocenters. The molecule has 0 spiro atoms. The van der Waals surface area contributed by atoms with Crippen LogP contribution in [0.15, 0.2) is 352 Å². The van der Waals surface area contributed by atoms with E-state index in [1.54, 1.807) is 5.46 Å². The fourth-order valence-corrected chi connectivity index (χ4v) is 37.1. The van der Waals surface area contributed by atoms with Gasteiger partial charge in [0, 0.05) is 136 Å². The van der Waals surface area contributed by atoms with Gasteiger partial charge in [0.15, 0.2) is 0 Å². The van der Waals surface area contributed by atoms with E-state index in [9.17, 15) is 0 Å². The molecule has 0 aromatic heterocycles. The first-order valence-electron chi connectivity index (χ1n) is 54.8. The van der Waals surface area contributed by atoms with Crippen LogP contribution in [0.1, 0.15) is 154 Å². The minimum absolute atomic E-state index is 0.112. The molecule has 16 fully saturated rings. The van der Waals surface area contributed by atoms with Gasteiger partial charge in [-0.2, -0.15) is 0 Å². The first kappa shape index (κ1) is 81.3. The smallest absolute Gasteiger partial charge is 0.252 e. The van der Waals surface area contributed by atoms with E-state index < -0.39 is 0 Å². The maximum Gasteiger partial charge on any atom is 0.252 e. The molecule has 0 unspecified atom stereocenters. The molecule has 0 N–H and O–H groups in total. The Labute approximate surface area is 837 Å². The first-order chi connectivity index (χ1) is 70.1. The summed E-state index contributed by atoms with van der Waals surface area (Å²) < 4.78 is 0. The molecule has 6 aliphatic heterocycles. The number of benzene rings is 15. The quantitative estimate of drug-likeness (QED) is 0.0931. The van der Waals surface area contributed by atoms with E-state index in [1.165, 1.54) is 329 Å². The summed E-state index contributed by atoms with van der Waals surface area (Å²) in [7, 11) is 0. The lowest BCUT2D eigenvalue weighted by molar-refractivity contribution is 0.000242. The Morgan fingerprint density at radius 1 is 0.169 bits per heavy atom. The summed E-state index contributed by atoms with van der Waals surface area (Å²) in [5.41, 5.74) is 42.7. The van der Waals surface area contributed by atoms with Gasteiger partial charge in [0.05, 0.1) is 17.1 Å². The highest BCUT2D eigenvalue weighted by Gasteiger charge is 2.65. The fraction of sp³-hybridized carbons (Fsp3) is 0.308. The van der Waals surface area contributed by atoms with Crippen LogP contribution in [0, 0.1) is 71.0 Å². The van der Waals surface area contributed by atoms with Crippen molar-refractivity contribution in [2.75, 3.05) is 44.1 Å². The van der Waals surface area contributed by atoms with Crippen molar-refractivity contribution in [2.24, 2.45) is 71.0 Å². The van der Waals surface area contributed by atoms with Gasteiger partial charge in [-0.05, 0) is 432 Å². The van der Waals surface area contributed by atoms with E-state index in [4.69, 9.17) is 0 Å². The zero-order chi connectivity index (χ0) is 92.3. The Bertz CT molecular complexity index is 7010. The van der Waals surface area contributed by atoms with Gasteiger partial charge in [-0.15, -0.1) is 0 Å². The van der Waals surface area contributed by atoms with Gasteiger partial charge in [-0.25, -0.2) is 0 Å². The van der Waals surface area contributed by atoms with Gasteiger partial charge >= 0.3 is 0 Å². The van der Waals surface area contributed by atoms with Gasteiger partial charge in [-0.1, -0.05) is 194 Å². The summed E-state index contributed by atoms with van der Waals surface area (Å²) in [6.07, 6.45) is 30.9. The van der Waals surface area contributed by atoms with Crippen LogP contribution in [0.5, 0.6) is 0 Å². The van der Waals surface area contributed by atoms with Crippen molar-refractivity contribution >= 4 is 200 Å². The molecule has 16 aliphatic carbocycles. The Morgan fingerprint density at radius 2 is 0.359 bits per heavy atom. The maximum absolute atomic E-state index is 3.30. The van der Waals surface area contributed by atoms with Gasteiger partial charge in [0.25, 0.3) is 20.1 Å². The van der Waals surface area contributed by atoms with Crippen molar-refractivity contribution in [2.45, 2.75) is 176 Å². The van der Waals surface area contributed by atoms with Gasteiger partial charge < -0.3 is 44.1 Å². The van der Waals surface area contributed by atoms with E-state index >= 15 is 0 Å². The Kier molecular flexibility index (Phi) is 17.3. The molecular formula is C130H118B3N9. The van der Waals surface area contributed by atoms with Crippen molar-refractivity contribution in [3.63, 3.8) is 0 Å².